The number of anilines is 1. The molecule has 1 fully saturated rings. The van der Waals surface area contributed by atoms with E-state index in [0.717, 1.165) is 49.4 Å². The Bertz CT molecular complexity index is 847. The van der Waals surface area contributed by atoms with Gasteiger partial charge in [0.25, 0.3) is 5.91 Å². The van der Waals surface area contributed by atoms with Crippen molar-refractivity contribution in [3.8, 4) is 0 Å². The molecule has 8 nitrogen and oxygen atoms in total. The Morgan fingerprint density at radius 1 is 1.30 bits per heavy atom. The minimum Gasteiger partial charge on any atom is -0.355 e. The molecule has 2 aliphatic rings. The Morgan fingerprint density at radius 3 is 2.96 bits per heavy atom. The van der Waals surface area contributed by atoms with Crippen LogP contribution in [0.3, 0.4) is 0 Å². The predicted octanol–water partition coefficient (Wildman–Crippen LogP) is 1.42. The van der Waals surface area contributed by atoms with Crippen LogP contribution in [0.4, 0.5) is 5.82 Å². The second-order valence-corrected chi connectivity index (χ2v) is 7.51. The van der Waals surface area contributed by atoms with Gasteiger partial charge in [-0.1, -0.05) is 0 Å². The molecular weight excluding hydrogens is 342 g/mol. The molecule has 4 rings (SSSR count). The molecule has 0 aromatic carbocycles. The molecule has 1 aliphatic heterocycles. The minimum absolute atomic E-state index is 0.237. The van der Waals surface area contributed by atoms with Crippen LogP contribution in [0.1, 0.15) is 58.4 Å². The maximum atomic E-state index is 12.0. The summed E-state index contributed by atoms with van der Waals surface area (Å²) in [5.74, 6) is 0.861. The lowest BCUT2D eigenvalue weighted by Crippen LogP contribution is -2.37. The van der Waals surface area contributed by atoms with Crippen LogP contribution < -0.4 is 15.5 Å². The van der Waals surface area contributed by atoms with Crippen molar-refractivity contribution < 1.29 is 4.79 Å². The van der Waals surface area contributed by atoms with E-state index in [0.29, 0.717) is 12.1 Å². The first-order valence-electron chi connectivity index (χ1n) is 9.67. The number of carbonyl (C=O) groups excluding carboxylic acids is 1. The van der Waals surface area contributed by atoms with Gasteiger partial charge < -0.3 is 15.5 Å². The quantitative estimate of drug-likeness (QED) is 0.754. The Balaban J connectivity index is 1.49. The van der Waals surface area contributed by atoms with E-state index in [1.807, 2.05) is 20.0 Å². The smallest absolute Gasteiger partial charge is 0.288 e. The fourth-order valence-corrected chi connectivity index (χ4v) is 4.14. The summed E-state index contributed by atoms with van der Waals surface area (Å²) in [7, 11) is 1.60. The van der Waals surface area contributed by atoms with Gasteiger partial charge in [0.05, 0.1) is 11.9 Å². The summed E-state index contributed by atoms with van der Waals surface area (Å²) in [4.78, 5) is 23.1. The van der Waals surface area contributed by atoms with Gasteiger partial charge in [0.15, 0.2) is 0 Å². The van der Waals surface area contributed by atoms with E-state index < -0.39 is 0 Å². The van der Waals surface area contributed by atoms with Crippen LogP contribution in [0, 0.1) is 13.8 Å². The van der Waals surface area contributed by atoms with Gasteiger partial charge in [0, 0.05) is 43.5 Å². The normalized spacial score (nSPS) is 22.0. The molecule has 2 atom stereocenters. The first kappa shape index (κ1) is 17.9. The first-order valence-corrected chi connectivity index (χ1v) is 9.67. The van der Waals surface area contributed by atoms with Crippen molar-refractivity contribution in [3.63, 3.8) is 0 Å². The maximum Gasteiger partial charge on any atom is 0.288 e. The fourth-order valence-electron chi connectivity index (χ4n) is 4.14. The van der Waals surface area contributed by atoms with E-state index >= 15 is 0 Å². The Morgan fingerprint density at radius 2 is 2.15 bits per heavy atom. The summed E-state index contributed by atoms with van der Waals surface area (Å²) < 4.78 is 0. The lowest BCUT2D eigenvalue weighted by Gasteiger charge is -2.27. The Kier molecular flexibility index (Phi) is 4.82. The summed E-state index contributed by atoms with van der Waals surface area (Å²) in [5.41, 5.74) is 4.47. The van der Waals surface area contributed by atoms with E-state index in [1.165, 1.54) is 17.7 Å². The van der Waals surface area contributed by atoms with E-state index in [1.54, 1.807) is 7.05 Å². The molecule has 0 bridgehead atoms. The number of nitrogens with one attached hydrogen (secondary N) is 3. The molecule has 3 N–H and O–H groups in total. The van der Waals surface area contributed by atoms with Crippen molar-refractivity contribution in [1.29, 1.82) is 0 Å². The number of hydrogen-bond donors (Lipinski definition) is 3. The van der Waals surface area contributed by atoms with Crippen molar-refractivity contribution in [2.24, 2.45) is 0 Å². The molecule has 1 unspecified atom stereocenters. The zero-order chi connectivity index (χ0) is 19.0. The van der Waals surface area contributed by atoms with E-state index in [2.05, 4.69) is 35.7 Å². The molecule has 144 valence electrons. The predicted molar refractivity (Wildman–Crippen MR) is 103 cm³/mol. The average Bonchev–Trinajstić information content (AvgIpc) is 3.33. The van der Waals surface area contributed by atoms with Crippen LogP contribution in [0.2, 0.25) is 0 Å². The number of amides is 1. The number of hydrogen-bond acceptors (Lipinski definition) is 6. The van der Waals surface area contributed by atoms with Gasteiger partial charge in [-0.15, -0.1) is 0 Å². The molecule has 1 amide bonds. The summed E-state index contributed by atoms with van der Waals surface area (Å²) >= 11 is 0. The topological polar surface area (TPSA) is 98.8 Å². The summed E-state index contributed by atoms with van der Waals surface area (Å²) in [6.45, 7) is 5.76. The lowest BCUT2D eigenvalue weighted by atomic mass is 9.93. The highest BCUT2D eigenvalue weighted by Gasteiger charge is 2.30. The van der Waals surface area contributed by atoms with E-state index in [4.69, 9.17) is 0 Å². The highest BCUT2D eigenvalue weighted by Crippen LogP contribution is 2.30. The van der Waals surface area contributed by atoms with Gasteiger partial charge in [-0.05, 0) is 45.1 Å². The van der Waals surface area contributed by atoms with Crippen LogP contribution in [-0.2, 0) is 6.42 Å². The molecular formula is C19H27N7O. The van der Waals surface area contributed by atoms with Crippen LogP contribution in [0.5, 0.6) is 0 Å². The van der Waals surface area contributed by atoms with Crippen molar-refractivity contribution in [3.05, 3.63) is 34.5 Å². The van der Waals surface area contributed by atoms with Crippen LogP contribution in [0.15, 0.2) is 6.20 Å². The molecule has 3 heterocycles. The molecule has 0 saturated carbocycles. The summed E-state index contributed by atoms with van der Waals surface area (Å²) in [5, 5.41) is 13.8. The molecule has 27 heavy (non-hydrogen) atoms. The molecule has 2 aromatic heterocycles. The third kappa shape index (κ3) is 3.41. The molecule has 0 radical (unpaired) electrons. The van der Waals surface area contributed by atoms with Gasteiger partial charge in [0.1, 0.15) is 5.82 Å². The van der Waals surface area contributed by atoms with Crippen molar-refractivity contribution in [1.82, 2.24) is 30.8 Å². The van der Waals surface area contributed by atoms with Gasteiger partial charge in [-0.2, -0.15) is 5.10 Å². The SMILES string of the molecule is CNC(=O)c1nc(C)c(C)c(N2CC[C@@H](NC3CCCc4cn[nH]c43)C2)n1. The number of fused-ring (bicyclic) bond motifs is 1. The Labute approximate surface area is 159 Å². The van der Waals surface area contributed by atoms with Crippen molar-refractivity contribution in [2.75, 3.05) is 25.0 Å². The number of rotatable bonds is 4. The number of aryl methyl sites for hydroxylation is 2. The number of nitrogens with zero attached hydrogens (tertiary/aromatic N) is 4. The number of carbonyl (C=O) groups is 1. The molecule has 8 heteroatoms. The highest BCUT2D eigenvalue weighted by atomic mass is 16.2. The molecule has 1 aliphatic carbocycles. The summed E-state index contributed by atoms with van der Waals surface area (Å²) in [6, 6.07) is 0.734. The van der Waals surface area contributed by atoms with Gasteiger partial charge in [-0.25, -0.2) is 9.97 Å². The van der Waals surface area contributed by atoms with Gasteiger partial charge >= 0.3 is 0 Å². The number of aromatic amines is 1. The standard InChI is InChI=1S/C19H27N7O/c1-11-12(2)22-17(19(27)20-3)24-18(11)26-8-7-14(10-26)23-15-6-4-5-13-9-21-25-16(13)15/h9,14-15,23H,4-8,10H2,1-3H3,(H,20,27)(H,21,25)/t14-,15?/m1/s1. The van der Waals surface area contributed by atoms with E-state index in [-0.39, 0.29) is 11.7 Å². The second kappa shape index (κ2) is 7.26. The third-order valence-corrected chi connectivity index (χ3v) is 5.76. The van der Waals surface area contributed by atoms with Crippen LogP contribution in [-0.4, -0.2) is 52.3 Å². The minimum atomic E-state index is -0.248. The van der Waals surface area contributed by atoms with Crippen LogP contribution in [0.25, 0.3) is 0 Å². The average molecular weight is 369 g/mol. The lowest BCUT2D eigenvalue weighted by molar-refractivity contribution is 0.0952. The van der Waals surface area contributed by atoms with Gasteiger partial charge in [0.2, 0.25) is 5.82 Å². The highest BCUT2D eigenvalue weighted by molar-refractivity contribution is 5.90. The Hall–Kier alpha value is -2.48. The zero-order valence-electron chi connectivity index (χ0n) is 16.2. The number of H-pyrrole nitrogens is 1. The largest absolute Gasteiger partial charge is 0.355 e. The fraction of sp³-hybridized carbons (Fsp3) is 0.579. The van der Waals surface area contributed by atoms with Crippen LogP contribution >= 0.6 is 0 Å². The van der Waals surface area contributed by atoms with Crippen molar-refractivity contribution in [2.45, 2.75) is 51.6 Å². The molecule has 1 saturated heterocycles. The van der Waals surface area contributed by atoms with E-state index in [9.17, 15) is 4.79 Å². The number of aromatic nitrogens is 4. The second-order valence-electron chi connectivity index (χ2n) is 7.51. The molecule has 0 spiro atoms. The zero-order valence-corrected chi connectivity index (χ0v) is 16.2. The van der Waals surface area contributed by atoms with Crippen molar-refractivity contribution >= 4 is 11.7 Å². The third-order valence-electron chi connectivity index (χ3n) is 5.76. The monoisotopic (exact) mass is 369 g/mol. The summed E-state index contributed by atoms with van der Waals surface area (Å²) in [6.07, 6.45) is 6.45. The van der Waals surface area contributed by atoms with Gasteiger partial charge in [-0.3, -0.25) is 9.89 Å². The maximum absolute atomic E-state index is 12.0. The first-order chi connectivity index (χ1) is 13.1. The molecule has 2 aromatic rings.